The van der Waals surface area contributed by atoms with Crippen molar-refractivity contribution in [3.8, 4) is 0 Å². The lowest BCUT2D eigenvalue weighted by atomic mass is 9.98. The Morgan fingerprint density at radius 1 is 0.919 bits per heavy atom. The number of para-hydroxylation sites is 1. The van der Waals surface area contributed by atoms with Gasteiger partial charge >= 0.3 is 5.97 Å². The number of benzene rings is 1. The van der Waals surface area contributed by atoms with Crippen LogP contribution in [-0.4, -0.2) is 69.7 Å². The first kappa shape index (κ1) is 29.8. The molecule has 1 aromatic carbocycles. The Morgan fingerprint density at radius 2 is 1.51 bits per heavy atom. The van der Waals surface area contributed by atoms with Crippen LogP contribution in [0.4, 0.5) is 0 Å². The van der Waals surface area contributed by atoms with Gasteiger partial charge in [-0.1, -0.05) is 58.7 Å². The maximum atomic E-state index is 13.3. The zero-order valence-corrected chi connectivity index (χ0v) is 21.8. The number of nitrogens with one attached hydrogen (secondary N) is 4. The van der Waals surface area contributed by atoms with E-state index in [0.717, 1.165) is 16.5 Å². The molecule has 0 aliphatic rings. The third-order valence-electron chi connectivity index (χ3n) is 6.88. The fourth-order valence-corrected chi connectivity index (χ4v) is 3.91. The molecule has 0 bridgehead atoms. The van der Waals surface area contributed by atoms with E-state index in [1.807, 2.05) is 38.1 Å². The second-order valence-corrected chi connectivity index (χ2v) is 9.49. The zero-order valence-electron chi connectivity index (χ0n) is 21.8. The largest absolute Gasteiger partial charge is 0.480 e. The first-order chi connectivity index (χ1) is 17.5. The predicted octanol–water partition coefficient (Wildman–Crippen LogP) is 0.661. The predicted molar refractivity (Wildman–Crippen MR) is 139 cm³/mol. The number of carbonyl (C=O) groups is 4. The van der Waals surface area contributed by atoms with Crippen LogP contribution in [0.5, 0.6) is 0 Å². The lowest BCUT2D eigenvalue weighted by Crippen LogP contribution is -2.59. The van der Waals surface area contributed by atoms with Gasteiger partial charge in [-0.05, 0) is 23.5 Å². The van der Waals surface area contributed by atoms with E-state index < -0.39 is 54.5 Å². The summed E-state index contributed by atoms with van der Waals surface area (Å²) in [6.45, 7) is 6.45. The highest BCUT2D eigenvalue weighted by molar-refractivity contribution is 5.95. The number of carboxylic acid groups (broad SMARTS) is 1. The van der Waals surface area contributed by atoms with Gasteiger partial charge in [0, 0.05) is 23.5 Å². The van der Waals surface area contributed by atoms with Crippen LogP contribution in [-0.2, 0) is 25.6 Å². The minimum absolute atomic E-state index is 0.0964. The van der Waals surface area contributed by atoms with E-state index in [-0.39, 0.29) is 18.3 Å². The van der Waals surface area contributed by atoms with Gasteiger partial charge in [0.1, 0.15) is 18.1 Å². The van der Waals surface area contributed by atoms with Gasteiger partial charge < -0.3 is 36.9 Å². The van der Waals surface area contributed by atoms with Crippen LogP contribution in [0.3, 0.4) is 0 Å². The number of aliphatic hydroxyl groups is 1. The maximum absolute atomic E-state index is 13.3. The van der Waals surface area contributed by atoms with E-state index in [1.54, 1.807) is 20.0 Å². The van der Waals surface area contributed by atoms with E-state index >= 15 is 0 Å². The van der Waals surface area contributed by atoms with Crippen molar-refractivity contribution in [3.63, 3.8) is 0 Å². The summed E-state index contributed by atoms with van der Waals surface area (Å²) in [6.07, 6.45) is 3.01. The van der Waals surface area contributed by atoms with Gasteiger partial charge in [0.2, 0.25) is 17.7 Å². The van der Waals surface area contributed by atoms with Crippen molar-refractivity contribution in [3.05, 3.63) is 36.0 Å². The van der Waals surface area contributed by atoms with Gasteiger partial charge in [0.25, 0.3) is 0 Å². The van der Waals surface area contributed by atoms with E-state index in [1.165, 1.54) is 0 Å². The lowest BCUT2D eigenvalue weighted by molar-refractivity contribution is -0.144. The van der Waals surface area contributed by atoms with Gasteiger partial charge in [-0.3, -0.25) is 14.4 Å². The summed E-state index contributed by atoms with van der Waals surface area (Å²) in [4.78, 5) is 53.6. The molecule has 0 aliphatic heterocycles. The first-order valence-corrected chi connectivity index (χ1v) is 12.6. The molecular weight excluding hydrogens is 478 g/mol. The van der Waals surface area contributed by atoms with Crippen molar-refractivity contribution in [1.82, 2.24) is 20.9 Å². The molecule has 8 N–H and O–H groups in total. The molecule has 0 saturated heterocycles. The van der Waals surface area contributed by atoms with Crippen LogP contribution in [0.15, 0.2) is 30.5 Å². The lowest BCUT2D eigenvalue weighted by Gasteiger charge is -2.26. The van der Waals surface area contributed by atoms with Gasteiger partial charge in [-0.25, -0.2) is 4.79 Å². The van der Waals surface area contributed by atoms with Crippen molar-refractivity contribution >= 4 is 34.6 Å². The smallest absolute Gasteiger partial charge is 0.326 e. The number of aromatic nitrogens is 1. The quantitative estimate of drug-likeness (QED) is 0.192. The topological polar surface area (TPSA) is 187 Å². The van der Waals surface area contributed by atoms with Gasteiger partial charge in [-0.2, -0.15) is 0 Å². The number of aliphatic carboxylic acids is 1. The third-order valence-corrected chi connectivity index (χ3v) is 6.88. The number of carbonyl (C=O) groups excluding carboxylic acids is 3. The second kappa shape index (κ2) is 13.8. The van der Waals surface area contributed by atoms with Crippen molar-refractivity contribution in [1.29, 1.82) is 0 Å². The Kier molecular flexibility index (Phi) is 11.1. The molecule has 2 aromatic rings. The molecule has 0 spiro atoms. The Labute approximate surface area is 216 Å². The van der Waals surface area contributed by atoms with Crippen molar-refractivity contribution in [2.24, 2.45) is 17.6 Å². The van der Waals surface area contributed by atoms with Crippen LogP contribution in [0.1, 0.15) is 46.1 Å². The molecule has 11 heteroatoms. The molecular formula is C26H39N5O6. The number of fused-ring (bicyclic) bond motifs is 1. The van der Waals surface area contributed by atoms with Crippen LogP contribution >= 0.6 is 0 Å². The minimum Gasteiger partial charge on any atom is -0.480 e. The molecule has 6 atom stereocenters. The molecule has 204 valence electrons. The van der Waals surface area contributed by atoms with E-state index in [9.17, 15) is 29.4 Å². The summed E-state index contributed by atoms with van der Waals surface area (Å²) in [7, 11) is 0. The van der Waals surface area contributed by atoms with Crippen LogP contribution in [0.2, 0.25) is 0 Å². The number of hydrogen-bond donors (Lipinski definition) is 7. The van der Waals surface area contributed by atoms with E-state index in [0.29, 0.717) is 12.8 Å². The summed E-state index contributed by atoms with van der Waals surface area (Å²) < 4.78 is 0. The fourth-order valence-electron chi connectivity index (χ4n) is 3.91. The number of rotatable bonds is 14. The van der Waals surface area contributed by atoms with Gasteiger partial charge in [-0.15, -0.1) is 0 Å². The molecule has 0 saturated carbocycles. The standard InChI is InChI=1S/C26H39N5O6/c1-5-14(3)21(27)25(35)29-19(11-16-12-28-18-10-8-7-9-17(16)18)23(33)30-20(13-32)24(34)31-22(26(36)37)15(4)6-2/h7-10,12,14-15,19-22,28,32H,5-6,11,13,27H2,1-4H3,(H,29,35)(H,30,33)(H,31,34)(H,36,37). The van der Waals surface area contributed by atoms with E-state index in [4.69, 9.17) is 5.73 Å². The molecule has 1 aromatic heterocycles. The highest BCUT2D eigenvalue weighted by Crippen LogP contribution is 2.19. The number of aliphatic hydroxyl groups excluding tert-OH is 1. The van der Waals surface area contributed by atoms with Crippen LogP contribution in [0.25, 0.3) is 10.9 Å². The summed E-state index contributed by atoms with van der Waals surface area (Å²) in [5.74, 6) is -3.76. The van der Waals surface area contributed by atoms with E-state index in [2.05, 4.69) is 20.9 Å². The molecule has 3 amide bonds. The number of nitrogens with two attached hydrogens (primary N) is 1. The summed E-state index contributed by atoms with van der Waals surface area (Å²) in [5.41, 5.74) is 7.70. The summed E-state index contributed by atoms with van der Waals surface area (Å²) >= 11 is 0. The SMILES string of the molecule is CCC(C)C(N)C(=O)NC(Cc1c[nH]c2ccccc12)C(=O)NC(CO)C(=O)NC(C(=O)O)C(C)CC. The molecule has 2 rings (SSSR count). The average molecular weight is 518 g/mol. The molecule has 1 heterocycles. The molecule has 0 aliphatic carbocycles. The van der Waals surface area contributed by atoms with Gasteiger partial charge in [0.15, 0.2) is 0 Å². The first-order valence-electron chi connectivity index (χ1n) is 12.6. The Hall–Kier alpha value is -3.44. The number of carboxylic acids is 1. The maximum Gasteiger partial charge on any atom is 0.326 e. The van der Waals surface area contributed by atoms with Gasteiger partial charge in [0.05, 0.1) is 12.6 Å². The Balaban J connectivity index is 2.26. The minimum atomic E-state index is -1.41. The highest BCUT2D eigenvalue weighted by Gasteiger charge is 2.32. The van der Waals surface area contributed by atoms with Crippen LogP contribution < -0.4 is 21.7 Å². The normalized spacial score (nSPS) is 16.2. The number of amides is 3. The third kappa shape index (κ3) is 7.77. The molecule has 0 radical (unpaired) electrons. The molecule has 6 unspecified atom stereocenters. The highest BCUT2D eigenvalue weighted by atomic mass is 16.4. The van der Waals surface area contributed by atoms with Crippen molar-refractivity contribution in [2.45, 2.75) is 71.1 Å². The Morgan fingerprint density at radius 3 is 2.11 bits per heavy atom. The van der Waals surface area contributed by atoms with Crippen molar-refractivity contribution in [2.75, 3.05) is 6.61 Å². The number of hydrogen-bond acceptors (Lipinski definition) is 6. The van der Waals surface area contributed by atoms with Crippen LogP contribution in [0, 0.1) is 11.8 Å². The average Bonchev–Trinajstić information content (AvgIpc) is 3.30. The summed E-state index contributed by atoms with van der Waals surface area (Å²) in [5, 5.41) is 27.7. The molecule has 0 fully saturated rings. The monoisotopic (exact) mass is 517 g/mol. The van der Waals surface area contributed by atoms with Crippen molar-refractivity contribution < 1.29 is 29.4 Å². The molecule has 37 heavy (non-hydrogen) atoms. The number of aromatic amines is 1. The zero-order chi connectivity index (χ0) is 27.7. The second-order valence-electron chi connectivity index (χ2n) is 9.49. The fraction of sp³-hybridized carbons (Fsp3) is 0.538. The summed E-state index contributed by atoms with van der Waals surface area (Å²) in [6, 6.07) is 2.95. The number of H-pyrrole nitrogens is 1. The Bertz CT molecular complexity index is 1090. The molecule has 11 nitrogen and oxygen atoms in total.